The quantitative estimate of drug-likeness (QED) is 0.186. The van der Waals surface area contributed by atoms with Crippen LogP contribution in [0.5, 0.6) is 0 Å². The Bertz CT molecular complexity index is 847. The predicted molar refractivity (Wildman–Crippen MR) is 129 cm³/mol. The number of rotatable bonds is 14. The molecule has 12 heteroatoms. The van der Waals surface area contributed by atoms with Crippen molar-refractivity contribution < 1.29 is 24.3 Å². The smallest absolute Gasteiger partial charge is 0.326 e. The summed E-state index contributed by atoms with van der Waals surface area (Å²) >= 11 is 0. The molecular weight excluding hydrogens is 454 g/mol. The number of aromatic amines is 1. The number of carboxylic acids is 1. The number of hydrogen-bond donors (Lipinski definition) is 6. The molecule has 0 saturated carbocycles. The lowest BCUT2D eigenvalue weighted by molar-refractivity contribution is -0.149. The predicted octanol–water partition coefficient (Wildman–Crippen LogP) is -0.500. The van der Waals surface area contributed by atoms with Gasteiger partial charge in [0, 0.05) is 24.9 Å². The van der Waals surface area contributed by atoms with E-state index in [2.05, 4.69) is 20.6 Å². The number of carboxylic acid groups (broad SMARTS) is 1. The summed E-state index contributed by atoms with van der Waals surface area (Å²) in [6.45, 7) is 4.49. The zero-order chi connectivity index (χ0) is 26.0. The molecule has 1 fully saturated rings. The van der Waals surface area contributed by atoms with E-state index in [9.17, 15) is 24.3 Å². The molecule has 2 rings (SSSR count). The first-order chi connectivity index (χ1) is 16.7. The normalized spacial score (nSPS) is 19.0. The van der Waals surface area contributed by atoms with Crippen molar-refractivity contribution in [3.63, 3.8) is 0 Å². The van der Waals surface area contributed by atoms with Crippen LogP contribution >= 0.6 is 0 Å². The first kappa shape index (κ1) is 28.2. The van der Waals surface area contributed by atoms with Gasteiger partial charge in [-0.15, -0.1) is 0 Å². The summed E-state index contributed by atoms with van der Waals surface area (Å²) in [5.74, 6) is -2.70. The summed E-state index contributed by atoms with van der Waals surface area (Å²) in [5, 5.41) is 15.0. The van der Waals surface area contributed by atoms with E-state index in [1.54, 1.807) is 6.20 Å². The van der Waals surface area contributed by atoms with Crippen LogP contribution in [-0.4, -0.2) is 80.9 Å². The molecule has 1 aliphatic heterocycles. The molecule has 8 N–H and O–H groups in total. The average Bonchev–Trinajstić information content (AvgIpc) is 3.53. The van der Waals surface area contributed by atoms with Gasteiger partial charge in [-0.05, 0) is 44.6 Å². The average molecular weight is 494 g/mol. The van der Waals surface area contributed by atoms with Gasteiger partial charge >= 0.3 is 5.97 Å². The van der Waals surface area contributed by atoms with Crippen molar-refractivity contribution in [3.05, 3.63) is 18.2 Å². The number of carbonyl (C=O) groups is 4. The van der Waals surface area contributed by atoms with Gasteiger partial charge in [0.1, 0.15) is 18.1 Å². The van der Waals surface area contributed by atoms with E-state index in [0.29, 0.717) is 57.3 Å². The maximum Gasteiger partial charge on any atom is 0.326 e. The molecule has 1 aromatic heterocycles. The van der Waals surface area contributed by atoms with Crippen molar-refractivity contribution in [2.24, 2.45) is 17.4 Å². The van der Waals surface area contributed by atoms with Gasteiger partial charge in [-0.1, -0.05) is 20.3 Å². The lowest BCUT2D eigenvalue weighted by Gasteiger charge is -2.30. The Morgan fingerprint density at radius 1 is 1.26 bits per heavy atom. The number of nitrogens with two attached hydrogens (primary N) is 2. The molecule has 0 aliphatic carbocycles. The number of carbonyl (C=O) groups excluding carboxylic acids is 3. The van der Waals surface area contributed by atoms with Crippen LogP contribution in [0.4, 0.5) is 0 Å². The highest BCUT2D eigenvalue weighted by atomic mass is 16.4. The van der Waals surface area contributed by atoms with Gasteiger partial charge < -0.3 is 37.1 Å². The van der Waals surface area contributed by atoms with Crippen molar-refractivity contribution in [3.8, 4) is 0 Å². The van der Waals surface area contributed by atoms with Crippen molar-refractivity contribution >= 4 is 23.7 Å². The molecule has 1 saturated heterocycles. The second kappa shape index (κ2) is 13.8. The van der Waals surface area contributed by atoms with Crippen molar-refractivity contribution in [1.29, 1.82) is 0 Å². The Labute approximate surface area is 205 Å². The summed E-state index contributed by atoms with van der Waals surface area (Å²) in [6, 6.07) is -3.60. The topological polar surface area (TPSA) is 197 Å². The van der Waals surface area contributed by atoms with E-state index in [4.69, 9.17) is 11.5 Å². The molecule has 2 heterocycles. The van der Waals surface area contributed by atoms with Crippen LogP contribution in [0.15, 0.2) is 12.5 Å². The maximum atomic E-state index is 13.3. The molecule has 0 spiro atoms. The number of likely N-dealkylation sites (tertiary alicyclic amines) is 1. The van der Waals surface area contributed by atoms with Crippen molar-refractivity contribution in [2.75, 3.05) is 13.1 Å². The first-order valence-corrected chi connectivity index (χ1v) is 12.3. The standard InChI is InChI=1S/C23H39N7O5/c1-3-14(2)19(29-20(31)16(25)11-15-12-26-13-27-15)21(32)28-17(7-4-5-9-24)22(33)30-10-6-8-18(30)23(34)35/h12-14,16-19H,3-11,24-25H2,1-2H3,(H,26,27)(H,28,32)(H,29,31)(H,34,35). The number of aromatic nitrogens is 2. The lowest BCUT2D eigenvalue weighted by Crippen LogP contribution is -2.58. The van der Waals surface area contributed by atoms with Gasteiger partial charge in [-0.25, -0.2) is 9.78 Å². The Balaban J connectivity index is 2.13. The summed E-state index contributed by atoms with van der Waals surface area (Å²) < 4.78 is 0. The minimum atomic E-state index is -1.06. The van der Waals surface area contributed by atoms with Crippen LogP contribution < -0.4 is 22.1 Å². The molecule has 3 amide bonds. The second-order valence-electron chi connectivity index (χ2n) is 9.13. The maximum absolute atomic E-state index is 13.3. The molecule has 5 unspecified atom stereocenters. The van der Waals surface area contributed by atoms with Crippen LogP contribution in [0.2, 0.25) is 0 Å². The summed E-state index contributed by atoms with van der Waals surface area (Å²) in [6.07, 6.45) is 6.45. The van der Waals surface area contributed by atoms with E-state index >= 15 is 0 Å². The Morgan fingerprint density at radius 3 is 2.60 bits per heavy atom. The van der Waals surface area contributed by atoms with Crippen molar-refractivity contribution in [1.82, 2.24) is 25.5 Å². The van der Waals surface area contributed by atoms with Crippen LogP contribution in [0.25, 0.3) is 0 Å². The van der Waals surface area contributed by atoms with E-state index in [-0.39, 0.29) is 12.3 Å². The fraction of sp³-hybridized carbons (Fsp3) is 0.696. The Morgan fingerprint density at radius 2 is 2.00 bits per heavy atom. The fourth-order valence-corrected chi connectivity index (χ4v) is 4.19. The number of hydrogen-bond acceptors (Lipinski definition) is 7. The van der Waals surface area contributed by atoms with Gasteiger partial charge in [0.05, 0.1) is 12.4 Å². The summed E-state index contributed by atoms with van der Waals surface area (Å²) in [7, 11) is 0. The zero-order valence-corrected chi connectivity index (χ0v) is 20.5. The molecule has 12 nitrogen and oxygen atoms in total. The van der Waals surface area contributed by atoms with Crippen LogP contribution in [0.1, 0.15) is 58.1 Å². The Kier molecular flexibility index (Phi) is 11.1. The molecule has 35 heavy (non-hydrogen) atoms. The lowest BCUT2D eigenvalue weighted by atomic mass is 9.96. The number of H-pyrrole nitrogens is 1. The summed E-state index contributed by atoms with van der Waals surface area (Å²) in [4.78, 5) is 59.0. The van der Waals surface area contributed by atoms with Gasteiger partial charge in [0.2, 0.25) is 17.7 Å². The minimum absolute atomic E-state index is 0.225. The fourth-order valence-electron chi connectivity index (χ4n) is 4.19. The van der Waals surface area contributed by atoms with Gasteiger partial charge in [0.15, 0.2) is 0 Å². The van der Waals surface area contributed by atoms with Crippen molar-refractivity contribution in [2.45, 2.75) is 83.0 Å². The number of nitrogens with zero attached hydrogens (tertiary/aromatic N) is 2. The first-order valence-electron chi connectivity index (χ1n) is 12.3. The third-order valence-corrected chi connectivity index (χ3v) is 6.51. The molecule has 5 atom stereocenters. The highest BCUT2D eigenvalue weighted by molar-refractivity contribution is 5.94. The summed E-state index contributed by atoms with van der Waals surface area (Å²) in [5.41, 5.74) is 12.3. The number of aliphatic carboxylic acids is 1. The monoisotopic (exact) mass is 493 g/mol. The van der Waals surface area contributed by atoms with Crippen LogP contribution in [-0.2, 0) is 25.6 Å². The molecule has 0 aromatic carbocycles. The van der Waals surface area contributed by atoms with E-state index in [0.717, 1.165) is 0 Å². The van der Waals surface area contributed by atoms with Crippen LogP contribution in [0, 0.1) is 5.92 Å². The molecular formula is C23H39N7O5. The minimum Gasteiger partial charge on any atom is -0.480 e. The molecule has 0 bridgehead atoms. The van der Waals surface area contributed by atoms with E-state index in [1.165, 1.54) is 11.2 Å². The van der Waals surface area contributed by atoms with E-state index in [1.807, 2.05) is 13.8 Å². The van der Waals surface area contributed by atoms with Gasteiger partial charge in [-0.3, -0.25) is 14.4 Å². The number of amides is 3. The number of nitrogens with one attached hydrogen (secondary N) is 3. The van der Waals surface area contributed by atoms with Gasteiger partial charge in [0.25, 0.3) is 0 Å². The molecule has 1 aromatic rings. The third kappa shape index (κ3) is 8.03. The number of imidazole rings is 1. The zero-order valence-electron chi connectivity index (χ0n) is 20.5. The van der Waals surface area contributed by atoms with Crippen LogP contribution in [0.3, 0.4) is 0 Å². The number of unbranched alkanes of at least 4 members (excludes halogenated alkanes) is 1. The molecule has 196 valence electrons. The van der Waals surface area contributed by atoms with E-state index < -0.39 is 47.9 Å². The largest absolute Gasteiger partial charge is 0.480 e. The highest BCUT2D eigenvalue weighted by Gasteiger charge is 2.38. The Hall–Kier alpha value is -2.99. The second-order valence-corrected chi connectivity index (χ2v) is 9.13. The highest BCUT2D eigenvalue weighted by Crippen LogP contribution is 2.20. The van der Waals surface area contributed by atoms with Gasteiger partial charge in [-0.2, -0.15) is 0 Å². The molecule has 1 aliphatic rings. The molecule has 0 radical (unpaired) electrons. The third-order valence-electron chi connectivity index (χ3n) is 6.51. The SMILES string of the molecule is CCC(C)C(NC(=O)C(N)Cc1cnc[nH]1)C(=O)NC(CCCCN)C(=O)N1CCCC1C(=O)O.